The standard InChI is InChI=1S/C13H10N2O3S/c16-13-8-12(14-19(17,18)15-13)11-7-3-5-9-4-1-2-6-10(9)11/h1-7H,8H2,(H,15,16). The molecule has 96 valence electrons. The highest BCUT2D eigenvalue weighted by atomic mass is 32.2. The van der Waals surface area contributed by atoms with E-state index in [0.29, 0.717) is 5.56 Å². The predicted octanol–water partition coefficient (Wildman–Crippen LogP) is 1.39. The molecule has 1 aliphatic heterocycles. The van der Waals surface area contributed by atoms with Gasteiger partial charge in [0.25, 0.3) is 0 Å². The van der Waals surface area contributed by atoms with Crippen LogP contribution in [0.4, 0.5) is 0 Å². The molecule has 1 amide bonds. The molecular formula is C13H10N2O3S. The van der Waals surface area contributed by atoms with Gasteiger partial charge >= 0.3 is 10.2 Å². The summed E-state index contributed by atoms with van der Waals surface area (Å²) < 4.78 is 28.4. The highest BCUT2D eigenvalue weighted by molar-refractivity contribution is 7.89. The maximum atomic E-state index is 11.5. The number of nitrogens with one attached hydrogen (secondary N) is 1. The number of hydrogen-bond acceptors (Lipinski definition) is 3. The monoisotopic (exact) mass is 274 g/mol. The van der Waals surface area contributed by atoms with Gasteiger partial charge in [-0.25, -0.2) is 4.72 Å². The van der Waals surface area contributed by atoms with E-state index < -0.39 is 16.1 Å². The maximum absolute atomic E-state index is 11.5. The van der Waals surface area contributed by atoms with E-state index in [4.69, 9.17) is 0 Å². The zero-order valence-corrected chi connectivity index (χ0v) is 10.6. The fourth-order valence-electron chi connectivity index (χ4n) is 2.15. The third kappa shape index (κ3) is 2.22. The predicted molar refractivity (Wildman–Crippen MR) is 72.2 cm³/mol. The molecule has 0 fully saturated rings. The van der Waals surface area contributed by atoms with Gasteiger partial charge in [0.2, 0.25) is 5.91 Å². The van der Waals surface area contributed by atoms with Crippen LogP contribution in [0.2, 0.25) is 0 Å². The van der Waals surface area contributed by atoms with Gasteiger partial charge in [0.15, 0.2) is 0 Å². The van der Waals surface area contributed by atoms with Crippen LogP contribution < -0.4 is 4.72 Å². The molecule has 3 rings (SSSR count). The molecule has 1 aliphatic rings. The first-order chi connectivity index (χ1) is 9.05. The molecule has 5 nitrogen and oxygen atoms in total. The van der Waals surface area contributed by atoms with E-state index in [9.17, 15) is 13.2 Å². The van der Waals surface area contributed by atoms with Crippen LogP contribution in [0.5, 0.6) is 0 Å². The number of carbonyl (C=O) groups is 1. The lowest BCUT2D eigenvalue weighted by molar-refractivity contribution is -0.118. The van der Waals surface area contributed by atoms with Gasteiger partial charge in [-0.3, -0.25) is 4.79 Å². The van der Waals surface area contributed by atoms with Crippen LogP contribution in [-0.4, -0.2) is 20.0 Å². The van der Waals surface area contributed by atoms with E-state index in [-0.39, 0.29) is 12.1 Å². The molecular weight excluding hydrogens is 264 g/mol. The smallest absolute Gasteiger partial charge is 0.274 e. The van der Waals surface area contributed by atoms with Crippen LogP contribution in [0, 0.1) is 0 Å². The Morgan fingerprint density at radius 1 is 1.05 bits per heavy atom. The minimum Gasteiger partial charge on any atom is -0.274 e. The number of fused-ring (bicyclic) bond motifs is 1. The first kappa shape index (κ1) is 11.9. The second kappa shape index (κ2) is 4.17. The zero-order valence-electron chi connectivity index (χ0n) is 9.83. The molecule has 19 heavy (non-hydrogen) atoms. The summed E-state index contributed by atoms with van der Waals surface area (Å²) in [7, 11) is -3.91. The molecule has 0 aliphatic carbocycles. The zero-order chi connectivity index (χ0) is 13.5. The van der Waals surface area contributed by atoms with Crippen molar-refractivity contribution in [2.24, 2.45) is 4.40 Å². The topological polar surface area (TPSA) is 75.6 Å². The molecule has 6 heteroatoms. The van der Waals surface area contributed by atoms with E-state index in [1.807, 2.05) is 41.1 Å². The summed E-state index contributed by atoms with van der Waals surface area (Å²) in [6.45, 7) is 0. The lowest BCUT2D eigenvalue weighted by atomic mass is 9.99. The Hall–Kier alpha value is -2.21. The van der Waals surface area contributed by atoms with Gasteiger partial charge in [0, 0.05) is 5.56 Å². The van der Waals surface area contributed by atoms with Gasteiger partial charge in [0.05, 0.1) is 12.1 Å². The van der Waals surface area contributed by atoms with Gasteiger partial charge in [-0.05, 0) is 10.8 Å². The van der Waals surface area contributed by atoms with Crippen molar-refractivity contribution >= 4 is 32.6 Å². The first-order valence-corrected chi connectivity index (χ1v) is 7.12. The average molecular weight is 274 g/mol. The summed E-state index contributed by atoms with van der Waals surface area (Å²) in [4.78, 5) is 11.4. The molecule has 0 bridgehead atoms. The third-order valence-corrected chi connectivity index (χ3v) is 3.85. The minimum absolute atomic E-state index is 0.0345. The minimum atomic E-state index is -3.91. The number of amides is 1. The summed E-state index contributed by atoms with van der Waals surface area (Å²) in [5.41, 5.74) is 0.956. The number of carbonyl (C=O) groups excluding carboxylic acids is 1. The van der Waals surface area contributed by atoms with Crippen molar-refractivity contribution in [3.63, 3.8) is 0 Å². The van der Waals surface area contributed by atoms with Crippen molar-refractivity contribution in [3.8, 4) is 0 Å². The summed E-state index contributed by atoms with van der Waals surface area (Å²) in [6.07, 6.45) is -0.0345. The number of nitrogens with zero attached hydrogens (tertiary/aromatic N) is 1. The van der Waals surface area contributed by atoms with Gasteiger partial charge in [0.1, 0.15) is 0 Å². The van der Waals surface area contributed by atoms with Crippen molar-refractivity contribution in [2.45, 2.75) is 6.42 Å². The molecule has 0 atom stereocenters. The van der Waals surface area contributed by atoms with Crippen LogP contribution in [0.1, 0.15) is 12.0 Å². The van der Waals surface area contributed by atoms with Crippen LogP contribution in [0.25, 0.3) is 10.8 Å². The molecule has 0 spiro atoms. The van der Waals surface area contributed by atoms with Crippen LogP contribution in [0.15, 0.2) is 46.9 Å². The van der Waals surface area contributed by atoms with Crippen molar-refractivity contribution in [2.75, 3.05) is 0 Å². The SMILES string of the molecule is O=C1CC(c2cccc3ccccc23)=NS(=O)(=O)N1. The Bertz CT molecular complexity index is 804. The van der Waals surface area contributed by atoms with Crippen LogP contribution >= 0.6 is 0 Å². The highest BCUT2D eigenvalue weighted by Crippen LogP contribution is 2.21. The fraction of sp³-hybridized carbons (Fsp3) is 0.0769. The third-order valence-electron chi connectivity index (χ3n) is 2.90. The number of rotatable bonds is 1. The molecule has 0 saturated heterocycles. The van der Waals surface area contributed by atoms with E-state index in [1.54, 1.807) is 6.07 Å². The second-order valence-electron chi connectivity index (χ2n) is 4.24. The van der Waals surface area contributed by atoms with E-state index in [2.05, 4.69) is 4.40 Å². The Labute approximate surface area is 110 Å². The Morgan fingerprint density at radius 2 is 1.79 bits per heavy atom. The fourth-order valence-corrected chi connectivity index (χ4v) is 3.01. The van der Waals surface area contributed by atoms with Crippen molar-refractivity contribution in [1.29, 1.82) is 0 Å². The Morgan fingerprint density at radius 3 is 2.58 bits per heavy atom. The van der Waals surface area contributed by atoms with Crippen LogP contribution in [-0.2, 0) is 15.0 Å². The average Bonchev–Trinajstić information content (AvgIpc) is 2.35. The van der Waals surface area contributed by atoms with Gasteiger partial charge < -0.3 is 0 Å². The molecule has 2 aromatic rings. The Balaban J connectivity index is 2.25. The largest absolute Gasteiger partial charge is 0.344 e. The van der Waals surface area contributed by atoms with E-state index in [0.717, 1.165) is 10.8 Å². The lowest BCUT2D eigenvalue weighted by Gasteiger charge is -2.14. The molecule has 1 N–H and O–H groups in total. The van der Waals surface area contributed by atoms with Gasteiger partial charge in [-0.2, -0.15) is 8.42 Å². The van der Waals surface area contributed by atoms with Crippen molar-refractivity contribution < 1.29 is 13.2 Å². The Kier molecular flexibility index (Phi) is 2.60. The van der Waals surface area contributed by atoms with Gasteiger partial charge in [-0.1, -0.05) is 42.5 Å². The quantitative estimate of drug-likeness (QED) is 0.854. The number of hydrogen-bond donors (Lipinski definition) is 1. The maximum Gasteiger partial charge on any atom is 0.344 e. The summed E-state index contributed by atoms with van der Waals surface area (Å²) in [5.74, 6) is -0.557. The summed E-state index contributed by atoms with van der Waals surface area (Å²) in [6, 6.07) is 13.1. The lowest BCUT2D eigenvalue weighted by Crippen LogP contribution is -2.36. The normalized spacial score (nSPS) is 17.9. The van der Waals surface area contributed by atoms with Crippen LogP contribution in [0.3, 0.4) is 0 Å². The molecule has 0 aromatic heterocycles. The molecule has 2 aromatic carbocycles. The summed E-state index contributed by atoms with van der Waals surface area (Å²) >= 11 is 0. The molecule has 0 unspecified atom stereocenters. The molecule has 0 radical (unpaired) electrons. The summed E-state index contributed by atoms with van der Waals surface area (Å²) in [5, 5.41) is 1.86. The molecule has 1 heterocycles. The van der Waals surface area contributed by atoms with Crippen molar-refractivity contribution in [3.05, 3.63) is 48.0 Å². The van der Waals surface area contributed by atoms with Gasteiger partial charge in [-0.15, -0.1) is 4.40 Å². The second-order valence-corrected chi connectivity index (χ2v) is 5.58. The van der Waals surface area contributed by atoms with Crippen molar-refractivity contribution in [1.82, 2.24) is 4.72 Å². The first-order valence-electron chi connectivity index (χ1n) is 5.68. The van der Waals surface area contributed by atoms with E-state index >= 15 is 0 Å². The highest BCUT2D eigenvalue weighted by Gasteiger charge is 2.24. The van der Waals surface area contributed by atoms with E-state index in [1.165, 1.54) is 0 Å². The number of benzene rings is 2. The molecule has 0 saturated carbocycles.